The number of hydrogen-bond acceptors (Lipinski definition) is 8. The summed E-state index contributed by atoms with van der Waals surface area (Å²) in [7, 11) is 0. The molecule has 1 fully saturated rings. The zero-order valence-corrected chi connectivity index (χ0v) is 22.8. The van der Waals surface area contributed by atoms with Crippen LogP contribution in [-0.2, 0) is 5.75 Å². The van der Waals surface area contributed by atoms with Gasteiger partial charge in [-0.1, -0.05) is 6.07 Å². The van der Waals surface area contributed by atoms with Crippen molar-refractivity contribution in [1.82, 2.24) is 15.0 Å². The van der Waals surface area contributed by atoms with Crippen molar-refractivity contribution in [3.63, 3.8) is 0 Å². The number of pyridine rings is 1. The Morgan fingerprint density at radius 3 is 2.67 bits per heavy atom. The van der Waals surface area contributed by atoms with E-state index in [0.29, 0.717) is 17.0 Å². The number of nitrogens with zero attached hydrogens (tertiary/aromatic N) is 4. The summed E-state index contributed by atoms with van der Waals surface area (Å²) in [6, 6.07) is 16.8. The van der Waals surface area contributed by atoms with Gasteiger partial charge in [0.25, 0.3) is 0 Å². The molecule has 182 valence electrons. The molecule has 2 aromatic heterocycles. The lowest BCUT2D eigenvalue weighted by atomic mass is 9.99. The van der Waals surface area contributed by atoms with Gasteiger partial charge in [-0.25, -0.2) is 4.98 Å². The fraction of sp³-hybridized carbons (Fsp3) is 0.286. The first-order chi connectivity index (χ1) is 17.6. The molecule has 1 aliphatic heterocycles. The van der Waals surface area contributed by atoms with Crippen molar-refractivity contribution in [3.8, 4) is 6.07 Å². The quantitative estimate of drug-likeness (QED) is 0.246. The van der Waals surface area contributed by atoms with Crippen molar-refractivity contribution in [3.05, 3.63) is 77.4 Å². The van der Waals surface area contributed by atoms with E-state index in [9.17, 15) is 5.26 Å². The maximum absolute atomic E-state index is 10.1. The maximum Gasteiger partial charge on any atom is 0.109 e. The first-order valence-corrected chi connectivity index (χ1v) is 15.3. The van der Waals surface area contributed by atoms with Gasteiger partial charge in [-0.05, 0) is 79.5 Å². The Hall–Kier alpha value is -2.73. The Labute approximate surface area is 224 Å². The third-order valence-electron chi connectivity index (χ3n) is 6.29. The minimum atomic E-state index is 0.427. The SMILES string of the molecule is CSc1cc(Nc2ccc3ncc(C4CCSCC4)nc3c2C#N)ccc1SCc1ccc(C)nc1. The van der Waals surface area contributed by atoms with Gasteiger partial charge in [-0.3, -0.25) is 9.97 Å². The maximum atomic E-state index is 10.1. The van der Waals surface area contributed by atoms with Crippen molar-refractivity contribution in [2.24, 2.45) is 0 Å². The average molecular weight is 530 g/mol. The minimum absolute atomic E-state index is 0.427. The zero-order chi connectivity index (χ0) is 24.9. The van der Waals surface area contributed by atoms with E-state index in [0.717, 1.165) is 58.4 Å². The molecular weight excluding hydrogens is 503 g/mol. The molecule has 0 unspecified atom stereocenters. The smallest absolute Gasteiger partial charge is 0.109 e. The summed E-state index contributed by atoms with van der Waals surface area (Å²) in [5.74, 6) is 3.62. The molecule has 0 amide bonds. The summed E-state index contributed by atoms with van der Waals surface area (Å²) in [6.45, 7) is 2.00. The molecule has 5 rings (SSSR count). The summed E-state index contributed by atoms with van der Waals surface area (Å²) < 4.78 is 0. The number of nitriles is 1. The summed E-state index contributed by atoms with van der Waals surface area (Å²) >= 11 is 5.53. The molecule has 0 radical (unpaired) electrons. The Kier molecular flexibility index (Phi) is 8.00. The monoisotopic (exact) mass is 529 g/mol. The van der Waals surface area contributed by atoms with Crippen LogP contribution in [0.2, 0.25) is 0 Å². The standard InChI is InChI=1S/C28H27N5S3/c1-18-3-4-19(15-30-18)17-36-26-8-5-21(13-27(26)34-2)32-23-6-7-24-28(22(23)14-29)33-25(16-31-24)20-9-11-35-12-10-20/h3-8,13,15-16,20,32H,9-12,17H2,1-2H3. The van der Waals surface area contributed by atoms with Gasteiger partial charge >= 0.3 is 0 Å². The highest BCUT2D eigenvalue weighted by Gasteiger charge is 2.19. The van der Waals surface area contributed by atoms with Gasteiger partial charge in [0.15, 0.2) is 0 Å². The topological polar surface area (TPSA) is 74.5 Å². The number of fused-ring (bicyclic) bond motifs is 1. The summed E-state index contributed by atoms with van der Waals surface area (Å²) in [4.78, 5) is 16.4. The molecular formula is C28H27N5S3. The van der Waals surface area contributed by atoms with Crippen molar-refractivity contribution in [2.45, 2.75) is 41.2 Å². The van der Waals surface area contributed by atoms with Crippen LogP contribution in [0.15, 0.2) is 64.6 Å². The van der Waals surface area contributed by atoms with Gasteiger partial charge in [-0.2, -0.15) is 17.0 Å². The van der Waals surface area contributed by atoms with Gasteiger partial charge in [-0.15, -0.1) is 23.5 Å². The van der Waals surface area contributed by atoms with Gasteiger partial charge < -0.3 is 5.32 Å². The van der Waals surface area contributed by atoms with E-state index in [-0.39, 0.29) is 0 Å². The van der Waals surface area contributed by atoms with Crippen molar-refractivity contribution >= 4 is 57.7 Å². The van der Waals surface area contributed by atoms with Gasteiger partial charge in [0.1, 0.15) is 17.1 Å². The minimum Gasteiger partial charge on any atom is -0.354 e. The Balaban J connectivity index is 1.39. The second-order valence-electron chi connectivity index (χ2n) is 8.74. The Bertz CT molecular complexity index is 1410. The molecule has 8 heteroatoms. The number of nitrogens with one attached hydrogen (secondary N) is 1. The second kappa shape index (κ2) is 11.5. The van der Waals surface area contributed by atoms with Crippen molar-refractivity contribution in [1.29, 1.82) is 5.26 Å². The molecule has 0 aliphatic carbocycles. The lowest BCUT2D eigenvalue weighted by Crippen LogP contribution is -2.10. The highest BCUT2D eigenvalue weighted by atomic mass is 32.2. The predicted octanol–water partition coefficient (Wildman–Crippen LogP) is 7.57. The Morgan fingerprint density at radius 2 is 1.92 bits per heavy atom. The summed E-state index contributed by atoms with van der Waals surface area (Å²) in [5.41, 5.74) is 6.94. The molecule has 4 aromatic rings. The fourth-order valence-electron chi connectivity index (χ4n) is 4.26. The molecule has 0 spiro atoms. The first-order valence-electron chi connectivity index (χ1n) is 11.9. The lowest BCUT2D eigenvalue weighted by Gasteiger charge is -2.21. The third-order valence-corrected chi connectivity index (χ3v) is 9.39. The average Bonchev–Trinajstić information content (AvgIpc) is 2.93. The van der Waals surface area contributed by atoms with E-state index in [2.05, 4.69) is 57.9 Å². The molecule has 5 nitrogen and oxygen atoms in total. The first kappa shape index (κ1) is 24.9. The normalized spacial score (nSPS) is 14.0. The molecule has 0 atom stereocenters. The van der Waals surface area contributed by atoms with E-state index >= 15 is 0 Å². The number of thioether (sulfide) groups is 3. The number of aromatic nitrogens is 3. The third kappa shape index (κ3) is 5.64. The predicted molar refractivity (Wildman–Crippen MR) is 154 cm³/mol. The fourth-order valence-corrected chi connectivity index (χ4v) is 7.17. The van der Waals surface area contributed by atoms with Crippen LogP contribution in [0.1, 0.15) is 41.3 Å². The van der Waals surface area contributed by atoms with Gasteiger partial charge in [0, 0.05) is 45.2 Å². The summed E-state index contributed by atoms with van der Waals surface area (Å²) in [6.07, 6.45) is 8.17. The number of aryl methyl sites for hydroxylation is 1. The van der Waals surface area contributed by atoms with Crippen LogP contribution in [0, 0.1) is 18.3 Å². The van der Waals surface area contributed by atoms with E-state index in [4.69, 9.17) is 4.98 Å². The Morgan fingerprint density at radius 1 is 1.06 bits per heavy atom. The molecule has 1 aliphatic rings. The van der Waals surface area contributed by atoms with Gasteiger partial charge in [0.2, 0.25) is 0 Å². The zero-order valence-electron chi connectivity index (χ0n) is 20.3. The van der Waals surface area contributed by atoms with E-state index in [1.54, 1.807) is 11.8 Å². The largest absolute Gasteiger partial charge is 0.354 e. The molecule has 1 saturated heterocycles. The highest BCUT2D eigenvalue weighted by Crippen LogP contribution is 2.36. The van der Waals surface area contributed by atoms with Crippen LogP contribution in [0.25, 0.3) is 11.0 Å². The molecule has 0 bridgehead atoms. The lowest BCUT2D eigenvalue weighted by molar-refractivity contribution is 0.619. The number of anilines is 2. The number of benzene rings is 2. The van der Waals surface area contributed by atoms with Crippen LogP contribution in [0.3, 0.4) is 0 Å². The van der Waals surface area contributed by atoms with Crippen LogP contribution in [0.4, 0.5) is 11.4 Å². The van der Waals surface area contributed by atoms with Crippen molar-refractivity contribution < 1.29 is 0 Å². The highest BCUT2D eigenvalue weighted by molar-refractivity contribution is 8.01. The number of rotatable bonds is 7. The van der Waals surface area contributed by atoms with E-state index < -0.39 is 0 Å². The van der Waals surface area contributed by atoms with E-state index in [1.807, 2.05) is 55.0 Å². The number of hydrogen-bond donors (Lipinski definition) is 1. The second-order valence-corrected chi connectivity index (χ2v) is 11.8. The molecule has 2 aromatic carbocycles. The van der Waals surface area contributed by atoms with Crippen molar-refractivity contribution in [2.75, 3.05) is 23.1 Å². The molecule has 3 heterocycles. The molecule has 36 heavy (non-hydrogen) atoms. The van der Waals surface area contributed by atoms with Crippen LogP contribution in [-0.4, -0.2) is 32.7 Å². The van der Waals surface area contributed by atoms with Gasteiger partial charge in [0.05, 0.1) is 16.9 Å². The molecule has 0 saturated carbocycles. The van der Waals surface area contributed by atoms with Crippen LogP contribution >= 0.6 is 35.3 Å². The summed E-state index contributed by atoms with van der Waals surface area (Å²) in [5, 5.41) is 13.5. The van der Waals surface area contributed by atoms with Crippen LogP contribution < -0.4 is 5.32 Å². The molecule has 1 N–H and O–H groups in total. The van der Waals surface area contributed by atoms with Crippen LogP contribution in [0.5, 0.6) is 0 Å². The van der Waals surface area contributed by atoms with E-state index in [1.165, 1.54) is 15.4 Å².